The number of hydrogen-bond acceptors (Lipinski definition) is 2. The molecule has 0 bridgehead atoms. The molecule has 0 aliphatic rings. The van der Waals surface area contributed by atoms with Gasteiger partial charge in [0.05, 0.1) is 0 Å². The summed E-state index contributed by atoms with van der Waals surface area (Å²) < 4.78 is 94.5. The summed E-state index contributed by atoms with van der Waals surface area (Å²) in [5.41, 5.74) is 0. The molecular formula is C12H6F6IO4P. The van der Waals surface area contributed by atoms with Crippen LogP contribution in [0.15, 0.2) is 24.3 Å². The van der Waals surface area contributed by atoms with Crippen molar-refractivity contribution in [3.8, 4) is 0 Å². The van der Waals surface area contributed by atoms with Crippen molar-refractivity contribution in [2.75, 3.05) is 0 Å². The van der Waals surface area contributed by atoms with Crippen molar-refractivity contribution < 1.29 is 43.5 Å². The molecule has 0 aromatic heterocycles. The average Bonchev–Trinajstić information content (AvgIpc) is 2.49. The third kappa shape index (κ3) is 3.75. The first-order valence-corrected chi connectivity index (χ1v) is 10.3. The van der Waals surface area contributed by atoms with E-state index in [0.29, 0.717) is 0 Å². The fourth-order valence-corrected chi connectivity index (χ4v) is 7.76. The number of hydrogen-bond donors (Lipinski definition) is 2. The van der Waals surface area contributed by atoms with Gasteiger partial charge in [0.2, 0.25) is 0 Å². The normalized spacial score (nSPS) is 12.4. The van der Waals surface area contributed by atoms with Gasteiger partial charge in [0.25, 0.3) is 0 Å². The van der Waals surface area contributed by atoms with Gasteiger partial charge in [0, 0.05) is 0 Å². The van der Waals surface area contributed by atoms with Crippen molar-refractivity contribution in [3.63, 3.8) is 0 Å². The van der Waals surface area contributed by atoms with Crippen molar-refractivity contribution in [3.05, 3.63) is 66.3 Å². The van der Waals surface area contributed by atoms with E-state index in [0.717, 1.165) is 24.3 Å². The van der Waals surface area contributed by atoms with Gasteiger partial charge in [-0.3, -0.25) is 0 Å². The molecule has 2 aromatic rings. The van der Waals surface area contributed by atoms with E-state index in [1.54, 1.807) is 0 Å². The van der Waals surface area contributed by atoms with E-state index in [2.05, 4.69) is 2.85 Å². The molecule has 2 aromatic carbocycles. The molecule has 0 atom stereocenters. The molecule has 0 heterocycles. The quantitative estimate of drug-likeness (QED) is 0.225. The third-order valence-corrected chi connectivity index (χ3v) is 9.39. The van der Waals surface area contributed by atoms with Gasteiger partial charge in [-0.15, -0.1) is 0 Å². The van der Waals surface area contributed by atoms with E-state index >= 15 is 0 Å². The van der Waals surface area contributed by atoms with E-state index in [4.69, 9.17) is 9.79 Å². The van der Waals surface area contributed by atoms with Crippen LogP contribution in [-0.4, -0.2) is 9.79 Å². The zero-order valence-electron chi connectivity index (χ0n) is 11.1. The first-order chi connectivity index (χ1) is 11.0. The number of phosphoric acid groups is 1. The van der Waals surface area contributed by atoms with Crippen molar-refractivity contribution in [1.82, 2.24) is 0 Å². The standard InChI is InChI=1S/C12H6F6IO4P/c13-5-3-1-2-4-6(5)19(23-24(20,21)22)12-10(17)8(15)7(14)9(16)11(12)18/h1-4H,(H2,20,21,22). The maximum absolute atomic E-state index is 13.9. The topological polar surface area (TPSA) is 66.8 Å². The molecule has 0 amide bonds. The molecule has 132 valence electrons. The van der Waals surface area contributed by atoms with Crippen LogP contribution in [-0.2, 0) is 7.42 Å². The van der Waals surface area contributed by atoms with Crippen molar-refractivity contribution in [2.24, 2.45) is 0 Å². The minimum absolute atomic E-state index is 0.673. The summed E-state index contributed by atoms with van der Waals surface area (Å²) in [6.07, 6.45) is 0. The van der Waals surface area contributed by atoms with E-state index in [-0.39, 0.29) is 0 Å². The van der Waals surface area contributed by atoms with Gasteiger partial charge in [-0.25, -0.2) is 0 Å². The summed E-state index contributed by atoms with van der Waals surface area (Å²) in [6.45, 7) is 0. The Balaban J connectivity index is 2.79. The predicted molar refractivity (Wildman–Crippen MR) is 77.2 cm³/mol. The number of rotatable bonds is 4. The molecule has 0 fully saturated rings. The number of halogens is 7. The Kier molecular flexibility index (Phi) is 5.60. The Labute approximate surface area is 138 Å². The molecule has 12 heteroatoms. The van der Waals surface area contributed by atoms with Gasteiger partial charge in [0.15, 0.2) is 0 Å². The van der Waals surface area contributed by atoms with Crippen LogP contribution in [0.1, 0.15) is 0 Å². The van der Waals surface area contributed by atoms with Crippen LogP contribution in [0.2, 0.25) is 0 Å². The van der Waals surface area contributed by atoms with Crippen LogP contribution in [0.25, 0.3) is 0 Å². The van der Waals surface area contributed by atoms with Crippen LogP contribution in [0, 0.1) is 42.0 Å². The maximum atomic E-state index is 13.9. The molecule has 0 spiro atoms. The summed E-state index contributed by atoms with van der Waals surface area (Å²) in [5, 5.41) is 0. The van der Waals surface area contributed by atoms with Gasteiger partial charge >= 0.3 is 138 Å². The molecule has 0 aliphatic carbocycles. The van der Waals surface area contributed by atoms with Crippen LogP contribution < -0.4 is 0 Å². The predicted octanol–water partition coefficient (Wildman–Crippen LogP) is 4.09. The van der Waals surface area contributed by atoms with E-state index in [1.807, 2.05) is 0 Å². The van der Waals surface area contributed by atoms with Crippen LogP contribution >= 0.6 is 28.1 Å². The summed E-state index contributed by atoms with van der Waals surface area (Å²) in [5.74, 6) is -12.9. The van der Waals surface area contributed by atoms with Gasteiger partial charge in [-0.2, -0.15) is 0 Å². The molecule has 24 heavy (non-hydrogen) atoms. The summed E-state index contributed by atoms with van der Waals surface area (Å²) in [6, 6.07) is 3.98. The fourth-order valence-electron chi connectivity index (χ4n) is 1.57. The SMILES string of the molecule is O=P(O)(O)OI(c1ccccc1F)c1c(F)c(F)c(F)c(F)c1F. The Morgan fingerprint density at radius 3 is 1.75 bits per heavy atom. The van der Waals surface area contributed by atoms with E-state index in [9.17, 15) is 30.9 Å². The second kappa shape index (κ2) is 7.00. The second-order valence-electron chi connectivity index (χ2n) is 4.11. The first-order valence-electron chi connectivity index (χ1n) is 5.76. The van der Waals surface area contributed by atoms with Gasteiger partial charge in [0.1, 0.15) is 0 Å². The van der Waals surface area contributed by atoms with Gasteiger partial charge in [-0.1, -0.05) is 0 Å². The Hall–Kier alpha value is -1.14. The zero-order valence-corrected chi connectivity index (χ0v) is 14.2. The van der Waals surface area contributed by atoms with Crippen LogP contribution in [0.4, 0.5) is 26.3 Å². The Morgan fingerprint density at radius 1 is 0.833 bits per heavy atom. The first kappa shape index (κ1) is 19.2. The van der Waals surface area contributed by atoms with Crippen molar-refractivity contribution in [1.29, 1.82) is 0 Å². The molecule has 4 nitrogen and oxygen atoms in total. The van der Waals surface area contributed by atoms with E-state index in [1.165, 1.54) is 0 Å². The molecule has 2 N–H and O–H groups in total. The molecule has 0 saturated heterocycles. The fraction of sp³-hybridized carbons (Fsp3) is 0. The van der Waals surface area contributed by atoms with E-state index < -0.39 is 70.1 Å². The third-order valence-electron chi connectivity index (χ3n) is 2.50. The number of benzene rings is 2. The average molecular weight is 486 g/mol. The van der Waals surface area contributed by atoms with Crippen molar-refractivity contribution in [2.45, 2.75) is 0 Å². The molecular weight excluding hydrogens is 480 g/mol. The van der Waals surface area contributed by atoms with Crippen molar-refractivity contribution >= 4 is 28.1 Å². The second-order valence-corrected chi connectivity index (χ2v) is 10.1. The minimum atomic E-state index is -5.42. The molecule has 0 aliphatic heterocycles. The zero-order chi connectivity index (χ0) is 18.2. The molecule has 2 rings (SSSR count). The molecule has 0 radical (unpaired) electrons. The monoisotopic (exact) mass is 486 g/mol. The van der Waals surface area contributed by atoms with Gasteiger partial charge < -0.3 is 0 Å². The Bertz CT molecular complexity index is 814. The summed E-state index contributed by atoms with van der Waals surface area (Å²) >= 11 is -4.53. The summed E-state index contributed by atoms with van der Waals surface area (Å²) in [4.78, 5) is 17.8. The molecule has 0 saturated carbocycles. The Morgan fingerprint density at radius 2 is 1.29 bits per heavy atom. The summed E-state index contributed by atoms with van der Waals surface area (Å²) in [7, 11) is -5.42. The van der Waals surface area contributed by atoms with Crippen LogP contribution in [0.3, 0.4) is 0 Å². The van der Waals surface area contributed by atoms with Crippen LogP contribution in [0.5, 0.6) is 0 Å². The molecule has 0 unspecified atom stereocenters. The van der Waals surface area contributed by atoms with Gasteiger partial charge in [-0.05, 0) is 0 Å².